The zero-order chi connectivity index (χ0) is 21.5. The van der Waals surface area contributed by atoms with Gasteiger partial charge in [-0.1, -0.05) is 12.1 Å². The fraction of sp³-hybridized carbons (Fsp3) is 0.400. The van der Waals surface area contributed by atoms with Crippen LogP contribution in [0, 0.1) is 10.1 Å². The number of benzene rings is 1. The molecule has 31 heavy (non-hydrogen) atoms. The molecule has 2 aliphatic heterocycles. The molecule has 1 aromatic carbocycles. The van der Waals surface area contributed by atoms with E-state index in [0.717, 1.165) is 39.0 Å². The number of hydrazone groups is 1. The molecule has 0 saturated carbocycles. The lowest BCUT2D eigenvalue weighted by molar-refractivity contribution is -0.385. The number of rotatable bonds is 7. The minimum absolute atomic E-state index is 0.0444. The van der Waals surface area contributed by atoms with Gasteiger partial charge in [0.2, 0.25) is 17.8 Å². The maximum atomic E-state index is 11.1. The van der Waals surface area contributed by atoms with E-state index in [1.807, 2.05) is 0 Å². The first-order valence-electron chi connectivity index (χ1n) is 10.2. The fourth-order valence-electron chi connectivity index (χ4n) is 3.45. The molecule has 162 valence electrons. The highest BCUT2D eigenvalue weighted by Crippen LogP contribution is 2.21. The average molecular weight is 424 g/mol. The molecule has 2 aliphatic rings. The summed E-state index contributed by atoms with van der Waals surface area (Å²) in [6.45, 7) is 4.58. The average Bonchev–Trinajstić information content (AvgIpc) is 3.35. The normalized spacial score (nSPS) is 17.0. The summed E-state index contributed by atoms with van der Waals surface area (Å²) in [7, 11) is 0. The third-order valence-electron chi connectivity index (χ3n) is 5.03. The van der Waals surface area contributed by atoms with E-state index in [4.69, 9.17) is 4.74 Å². The molecule has 0 aliphatic carbocycles. The number of hydrogen-bond donors (Lipinski definition) is 1. The van der Waals surface area contributed by atoms with Crippen LogP contribution >= 0.6 is 0 Å². The second-order valence-electron chi connectivity index (χ2n) is 7.12. The SMILES string of the molecule is O=[N+]([O-])c1ccccc1C=CC=NNc1nc(N2CCCC2)nc(N2CCOCC2)n1. The van der Waals surface area contributed by atoms with E-state index >= 15 is 0 Å². The number of nitrogens with zero attached hydrogens (tertiary/aromatic N) is 7. The number of para-hydroxylation sites is 1. The molecule has 0 atom stereocenters. The highest BCUT2D eigenvalue weighted by molar-refractivity contribution is 5.80. The zero-order valence-electron chi connectivity index (χ0n) is 17.1. The summed E-state index contributed by atoms with van der Waals surface area (Å²) >= 11 is 0. The topological polar surface area (TPSA) is 122 Å². The summed E-state index contributed by atoms with van der Waals surface area (Å²) in [6, 6.07) is 6.53. The van der Waals surface area contributed by atoms with Crippen molar-refractivity contribution in [2.45, 2.75) is 12.8 Å². The van der Waals surface area contributed by atoms with Crippen LogP contribution in [0.5, 0.6) is 0 Å². The Morgan fingerprint density at radius 1 is 1.03 bits per heavy atom. The first kappa shape index (κ1) is 20.7. The molecule has 3 heterocycles. The van der Waals surface area contributed by atoms with Crippen molar-refractivity contribution in [1.82, 2.24) is 15.0 Å². The molecule has 0 spiro atoms. The number of morpholine rings is 1. The molecule has 2 fully saturated rings. The van der Waals surface area contributed by atoms with Crippen LogP contribution < -0.4 is 15.2 Å². The van der Waals surface area contributed by atoms with Crippen LogP contribution in [0.15, 0.2) is 35.4 Å². The lowest BCUT2D eigenvalue weighted by Gasteiger charge is -2.27. The summed E-state index contributed by atoms with van der Waals surface area (Å²) in [5.74, 6) is 1.60. The smallest absolute Gasteiger partial charge is 0.276 e. The number of nitro benzene ring substituents is 1. The Hall–Kier alpha value is -3.60. The third-order valence-corrected chi connectivity index (χ3v) is 5.03. The second-order valence-corrected chi connectivity index (χ2v) is 7.12. The summed E-state index contributed by atoms with van der Waals surface area (Å²) in [4.78, 5) is 28.6. The van der Waals surface area contributed by atoms with Crippen molar-refractivity contribution < 1.29 is 9.66 Å². The van der Waals surface area contributed by atoms with Crippen molar-refractivity contribution in [2.75, 3.05) is 54.6 Å². The summed E-state index contributed by atoms with van der Waals surface area (Å²) in [6.07, 6.45) is 7.00. The number of nitro groups is 1. The van der Waals surface area contributed by atoms with Crippen molar-refractivity contribution in [3.05, 3.63) is 46.0 Å². The number of nitrogens with one attached hydrogen (secondary N) is 1. The summed E-state index contributed by atoms with van der Waals surface area (Å²) in [5.41, 5.74) is 3.40. The van der Waals surface area contributed by atoms with Crippen molar-refractivity contribution >= 4 is 35.8 Å². The monoisotopic (exact) mass is 424 g/mol. The van der Waals surface area contributed by atoms with Gasteiger partial charge in [-0.15, -0.1) is 0 Å². The van der Waals surface area contributed by atoms with Crippen molar-refractivity contribution in [1.29, 1.82) is 0 Å². The Balaban J connectivity index is 1.48. The van der Waals surface area contributed by atoms with E-state index < -0.39 is 4.92 Å². The van der Waals surface area contributed by atoms with E-state index in [0.29, 0.717) is 36.6 Å². The largest absolute Gasteiger partial charge is 0.378 e. The van der Waals surface area contributed by atoms with Crippen molar-refractivity contribution in [3.8, 4) is 0 Å². The van der Waals surface area contributed by atoms with Gasteiger partial charge >= 0.3 is 0 Å². The van der Waals surface area contributed by atoms with Crippen molar-refractivity contribution in [3.63, 3.8) is 0 Å². The van der Waals surface area contributed by atoms with Gasteiger partial charge in [0.1, 0.15) is 0 Å². The van der Waals surface area contributed by atoms with Crippen molar-refractivity contribution in [2.24, 2.45) is 5.10 Å². The highest BCUT2D eigenvalue weighted by atomic mass is 16.6. The van der Waals surface area contributed by atoms with Gasteiger partial charge in [0.05, 0.1) is 23.7 Å². The first-order valence-corrected chi connectivity index (χ1v) is 10.2. The number of ether oxygens (including phenoxy) is 1. The van der Waals surface area contributed by atoms with E-state index in [9.17, 15) is 10.1 Å². The molecular weight excluding hydrogens is 400 g/mol. The molecule has 0 unspecified atom stereocenters. The van der Waals surface area contributed by atoms with Crippen LogP contribution in [-0.4, -0.2) is 65.5 Å². The van der Waals surface area contributed by atoms with Gasteiger partial charge in [-0.2, -0.15) is 20.1 Å². The Labute approximate surface area is 179 Å². The lowest BCUT2D eigenvalue weighted by Crippen LogP contribution is -2.38. The van der Waals surface area contributed by atoms with E-state index in [2.05, 4.69) is 35.3 Å². The maximum absolute atomic E-state index is 11.1. The number of aromatic nitrogens is 3. The minimum atomic E-state index is -0.410. The van der Waals surface area contributed by atoms with Gasteiger partial charge in [0.15, 0.2) is 0 Å². The Bertz CT molecular complexity index is 969. The highest BCUT2D eigenvalue weighted by Gasteiger charge is 2.21. The lowest BCUT2D eigenvalue weighted by atomic mass is 10.2. The van der Waals surface area contributed by atoms with Gasteiger partial charge in [0, 0.05) is 38.5 Å². The quantitative estimate of drug-likeness (QED) is 0.405. The van der Waals surface area contributed by atoms with Gasteiger partial charge < -0.3 is 14.5 Å². The Morgan fingerprint density at radius 2 is 1.71 bits per heavy atom. The number of anilines is 3. The zero-order valence-corrected chi connectivity index (χ0v) is 17.1. The molecule has 4 rings (SSSR count). The van der Waals surface area contributed by atoms with Gasteiger partial charge in [0.25, 0.3) is 5.69 Å². The van der Waals surface area contributed by atoms with Crippen LogP contribution in [-0.2, 0) is 4.74 Å². The van der Waals surface area contributed by atoms with E-state index in [-0.39, 0.29) is 5.69 Å². The standard InChI is InChI=1S/C20H24N8O3/c29-28(30)17-8-2-1-6-16(17)7-5-9-21-25-18-22-19(26-10-3-4-11-26)24-20(23-18)27-12-14-31-15-13-27/h1-2,5-9H,3-4,10-15H2,(H,22,23,24,25). The summed E-state index contributed by atoms with van der Waals surface area (Å²) < 4.78 is 5.42. The van der Waals surface area contributed by atoms with E-state index in [1.54, 1.807) is 30.4 Å². The second kappa shape index (κ2) is 9.94. The van der Waals surface area contributed by atoms with E-state index in [1.165, 1.54) is 12.3 Å². The number of allylic oxidation sites excluding steroid dienone is 1. The number of hydrogen-bond acceptors (Lipinski definition) is 10. The molecule has 11 heteroatoms. The molecule has 11 nitrogen and oxygen atoms in total. The van der Waals surface area contributed by atoms with Crippen LogP contribution in [0.3, 0.4) is 0 Å². The minimum Gasteiger partial charge on any atom is -0.378 e. The van der Waals surface area contributed by atoms with Crippen LogP contribution in [0.25, 0.3) is 6.08 Å². The summed E-state index contributed by atoms with van der Waals surface area (Å²) in [5, 5.41) is 15.2. The molecule has 1 aromatic heterocycles. The fourth-order valence-corrected chi connectivity index (χ4v) is 3.45. The first-order chi connectivity index (χ1) is 15.2. The molecule has 0 radical (unpaired) electrons. The Kier molecular flexibility index (Phi) is 6.62. The molecular formula is C20H24N8O3. The predicted octanol–water partition coefficient (Wildman–Crippen LogP) is 2.33. The Morgan fingerprint density at radius 3 is 2.42 bits per heavy atom. The van der Waals surface area contributed by atoms with Crippen LogP contribution in [0.1, 0.15) is 18.4 Å². The maximum Gasteiger partial charge on any atom is 0.276 e. The van der Waals surface area contributed by atoms with Gasteiger partial charge in [-0.3, -0.25) is 10.1 Å². The molecule has 0 bridgehead atoms. The van der Waals surface area contributed by atoms with Crippen LogP contribution in [0.2, 0.25) is 0 Å². The van der Waals surface area contributed by atoms with Gasteiger partial charge in [-0.05, 0) is 31.1 Å². The molecule has 2 aromatic rings. The third kappa shape index (κ3) is 5.31. The molecule has 0 amide bonds. The molecule has 2 saturated heterocycles. The molecule has 1 N–H and O–H groups in total. The van der Waals surface area contributed by atoms with Gasteiger partial charge in [-0.25, -0.2) is 5.43 Å². The van der Waals surface area contributed by atoms with Crippen LogP contribution in [0.4, 0.5) is 23.5 Å². The predicted molar refractivity (Wildman–Crippen MR) is 119 cm³/mol.